The fourth-order valence-corrected chi connectivity index (χ4v) is 4.83. The van der Waals surface area contributed by atoms with Gasteiger partial charge in [0.25, 0.3) is 0 Å². The summed E-state index contributed by atoms with van der Waals surface area (Å²) in [6.07, 6.45) is 8.74. The minimum atomic E-state index is -0.750. The molecule has 0 radical (unpaired) electrons. The topological polar surface area (TPSA) is 66.4 Å². The Bertz CT molecular complexity index is 864. The molecule has 0 amide bonds. The molecule has 4 rings (SSSR count). The molecule has 0 unspecified atom stereocenters. The lowest BCUT2D eigenvalue weighted by Gasteiger charge is -2.41. The van der Waals surface area contributed by atoms with Gasteiger partial charge in [-0.3, -0.25) is 0 Å². The number of nitrogens with zero attached hydrogens (tertiary/aromatic N) is 4. The molecule has 0 saturated carbocycles. The lowest BCUT2D eigenvalue weighted by Crippen LogP contribution is -2.41. The number of halogens is 2. The smallest absolute Gasteiger partial charge is 0.335 e. The number of anilines is 2. The molecule has 1 aromatic heterocycles. The van der Waals surface area contributed by atoms with Gasteiger partial charge in [0.2, 0.25) is 5.95 Å². The molecule has 0 spiro atoms. The van der Waals surface area contributed by atoms with Crippen LogP contribution in [-0.4, -0.2) is 44.6 Å². The van der Waals surface area contributed by atoms with Crippen LogP contribution in [0.4, 0.5) is 11.6 Å². The normalized spacial score (nSPS) is 18.0. The van der Waals surface area contributed by atoms with Crippen molar-refractivity contribution in [2.24, 2.45) is 11.8 Å². The van der Waals surface area contributed by atoms with Gasteiger partial charge in [-0.1, -0.05) is 17.7 Å². The van der Waals surface area contributed by atoms with Gasteiger partial charge >= 0.3 is 11.6 Å². The van der Waals surface area contributed by atoms with E-state index in [0.717, 1.165) is 59.0 Å². The van der Waals surface area contributed by atoms with Gasteiger partial charge in [0.1, 0.15) is 0 Å². The maximum Gasteiger partial charge on any atom is 0.335 e. The van der Waals surface area contributed by atoms with Crippen LogP contribution in [0.2, 0.25) is 5.02 Å². The highest BCUT2D eigenvalue weighted by molar-refractivity contribution is 9.10. The van der Waals surface area contributed by atoms with E-state index in [1.807, 2.05) is 12.4 Å². The van der Waals surface area contributed by atoms with Crippen molar-refractivity contribution in [1.82, 2.24) is 9.97 Å². The molecule has 1 aromatic carbocycles. The van der Waals surface area contributed by atoms with Crippen molar-refractivity contribution in [2.75, 3.05) is 36.0 Å². The van der Waals surface area contributed by atoms with E-state index in [1.54, 1.807) is 0 Å². The zero-order valence-corrected chi connectivity index (χ0v) is 20.1. The van der Waals surface area contributed by atoms with E-state index in [1.165, 1.54) is 31.4 Å². The Morgan fingerprint density at radius 1 is 0.967 bits per heavy atom. The van der Waals surface area contributed by atoms with E-state index < -0.39 is 11.6 Å². The zero-order valence-electron chi connectivity index (χ0n) is 17.0. The molecule has 0 bridgehead atoms. The van der Waals surface area contributed by atoms with Gasteiger partial charge in [-0.15, -0.1) is 0 Å². The second-order valence-corrected chi connectivity index (χ2v) is 9.31. The van der Waals surface area contributed by atoms with Crippen molar-refractivity contribution in [3.63, 3.8) is 0 Å². The Kier molecular flexibility index (Phi) is 8.65. The van der Waals surface area contributed by atoms with E-state index in [9.17, 15) is 0 Å². The predicted octanol–water partition coefficient (Wildman–Crippen LogP) is 4.66. The first-order chi connectivity index (χ1) is 14.5. The molecular formula is C21H26BrClN4O2S. The van der Waals surface area contributed by atoms with Gasteiger partial charge in [0.15, 0.2) is 0 Å². The number of aromatic nitrogens is 2. The Morgan fingerprint density at radius 3 is 1.97 bits per heavy atom. The summed E-state index contributed by atoms with van der Waals surface area (Å²) in [5, 5.41) is 0.872. The van der Waals surface area contributed by atoms with E-state index >= 15 is 0 Å². The molecule has 0 atom stereocenters. The molecule has 2 saturated heterocycles. The molecule has 6 nitrogen and oxygen atoms in total. The molecule has 2 aromatic rings. The summed E-state index contributed by atoms with van der Waals surface area (Å²) in [6.45, 7) is 6.48. The molecule has 9 heteroatoms. The first-order valence-corrected chi connectivity index (χ1v) is 12.0. The van der Waals surface area contributed by atoms with Crippen molar-refractivity contribution < 1.29 is 8.42 Å². The first kappa shape index (κ1) is 23.2. The Hall–Kier alpha value is -1.51. The van der Waals surface area contributed by atoms with Crippen LogP contribution < -0.4 is 9.80 Å². The lowest BCUT2D eigenvalue weighted by molar-refractivity contribution is 0.232. The molecule has 0 N–H and O–H groups in total. The number of hydrogen-bond donors (Lipinski definition) is 0. The van der Waals surface area contributed by atoms with E-state index in [4.69, 9.17) is 20.0 Å². The van der Waals surface area contributed by atoms with Gasteiger partial charge in [0, 0.05) is 49.3 Å². The molecule has 162 valence electrons. The van der Waals surface area contributed by atoms with Crippen molar-refractivity contribution >= 4 is 50.7 Å². The monoisotopic (exact) mass is 512 g/mol. The van der Waals surface area contributed by atoms with Crippen LogP contribution in [0.1, 0.15) is 31.2 Å². The Morgan fingerprint density at radius 2 is 1.47 bits per heavy atom. The second-order valence-electron chi connectivity index (χ2n) is 7.85. The van der Waals surface area contributed by atoms with E-state index in [0.29, 0.717) is 0 Å². The van der Waals surface area contributed by atoms with Crippen LogP contribution in [0.3, 0.4) is 0 Å². The predicted molar refractivity (Wildman–Crippen MR) is 125 cm³/mol. The highest BCUT2D eigenvalue weighted by Gasteiger charge is 2.30. The fourth-order valence-electron chi connectivity index (χ4n) is 4.45. The average molecular weight is 514 g/mol. The summed E-state index contributed by atoms with van der Waals surface area (Å²) in [7, 11) is 0. The summed E-state index contributed by atoms with van der Waals surface area (Å²) in [4.78, 5) is 13.7. The fraction of sp³-hybridized carbons (Fsp3) is 0.524. The summed E-state index contributed by atoms with van der Waals surface area (Å²) < 4.78 is 17.5. The first-order valence-electron chi connectivity index (χ1n) is 10.2. The van der Waals surface area contributed by atoms with Crippen molar-refractivity contribution in [2.45, 2.75) is 32.6 Å². The number of hydrogen-bond acceptors (Lipinski definition) is 6. The average Bonchev–Trinajstić information content (AvgIpc) is 2.77. The second kappa shape index (κ2) is 11.2. The van der Waals surface area contributed by atoms with Crippen LogP contribution in [0.5, 0.6) is 0 Å². The quantitative estimate of drug-likeness (QED) is 0.594. The maximum atomic E-state index is 8.29. The molecule has 2 aliphatic heterocycles. The lowest BCUT2D eigenvalue weighted by atomic mass is 9.79. The Balaban J connectivity index is 0.000000806. The van der Waals surface area contributed by atoms with E-state index in [-0.39, 0.29) is 0 Å². The third kappa shape index (κ3) is 6.02. The maximum absolute atomic E-state index is 8.29. The summed E-state index contributed by atoms with van der Waals surface area (Å²) >= 11 is 8.97. The SMILES string of the molecule is Cc1ccc(N2CCC(C3CCN(c4ncc(Br)cn4)CC3)CC2)cc1Cl.O=S=O. The van der Waals surface area contributed by atoms with Gasteiger partial charge in [-0.2, -0.15) is 8.42 Å². The molecule has 3 heterocycles. The molecular weight excluding hydrogens is 488 g/mol. The van der Waals surface area contributed by atoms with E-state index in [2.05, 4.69) is 60.8 Å². The number of piperidine rings is 2. The highest BCUT2D eigenvalue weighted by atomic mass is 79.9. The zero-order chi connectivity index (χ0) is 21.5. The third-order valence-corrected chi connectivity index (χ3v) is 6.97. The minimum absolute atomic E-state index is 0.750. The van der Waals surface area contributed by atoms with Gasteiger partial charge in [-0.05, 0) is 78.1 Å². The van der Waals surface area contributed by atoms with Crippen LogP contribution in [0.25, 0.3) is 0 Å². The van der Waals surface area contributed by atoms with Crippen LogP contribution >= 0.6 is 27.5 Å². The van der Waals surface area contributed by atoms with Crippen molar-refractivity contribution in [1.29, 1.82) is 0 Å². The molecule has 0 aliphatic carbocycles. The summed E-state index contributed by atoms with van der Waals surface area (Å²) in [5.74, 6) is 2.54. The van der Waals surface area contributed by atoms with Crippen molar-refractivity contribution in [3.05, 3.63) is 45.7 Å². The number of aryl methyl sites for hydroxylation is 1. The third-order valence-electron chi connectivity index (χ3n) is 6.16. The standard InChI is InChI=1S/C21H26BrClN4.O2S/c1-15-2-3-19(12-20(15)23)26-8-4-16(5-9-26)17-6-10-27(11-7-17)21-24-13-18(22)14-25-21;1-3-2/h2-3,12-14,16-17H,4-11H2,1H3;. The Labute approximate surface area is 194 Å². The number of benzene rings is 1. The molecule has 30 heavy (non-hydrogen) atoms. The summed E-state index contributed by atoms with van der Waals surface area (Å²) in [6, 6.07) is 6.45. The summed E-state index contributed by atoms with van der Waals surface area (Å²) in [5.41, 5.74) is 2.42. The molecule has 2 fully saturated rings. The molecule has 2 aliphatic rings. The van der Waals surface area contributed by atoms with Crippen LogP contribution in [-0.2, 0) is 11.6 Å². The minimum Gasteiger partial charge on any atom is -0.371 e. The highest BCUT2D eigenvalue weighted by Crippen LogP contribution is 2.35. The number of rotatable bonds is 3. The van der Waals surface area contributed by atoms with Gasteiger partial charge < -0.3 is 9.80 Å². The van der Waals surface area contributed by atoms with Crippen LogP contribution in [0.15, 0.2) is 35.1 Å². The van der Waals surface area contributed by atoms with Gasteiger partial charge in [0.05, 0.1) is 4.47 Å². The van der Waals surface area contributed by atoms with Crippen LogP contribution in [0, 0.1) is 18.8 Å². The largest absolute Gasteiger partial charge is 0.371 e. The van der Waals surface area contributed by atoms with Crippen molar-refractivity contribution in [3.8, 4) is 0 Å². The van der Waals surface area contributed by atoms with Gasteiger partial charge in [-0.25, -0.2) is 9.97 Å².